The van der Waals surface area contributed by atoms with E-state index in [9.17, 15) is 4.79 Å². The van der Waals surface area contributed by atoms with Crippen LogP contribution in [0.5, 0.6) is 5.75 Å². The summed E-state index contributed by atoms with van der Waals surface area (Å²) in [5, 5.41) is 0. The summed E-state index contributed by atoms with van der Waals surface area (Å²) in [5.41, 5.74) is 2.24. The van der Waals surface area contributed by atoms with Gasteiger partial charge in [0.1, 0.15) is 5.75 Å². The van der Waals surface area contributed by atoms with E-state index in [0.717, 1.165) is 17.0 Å². The first-order valence-corrected chi connectivity index (χ1v) is 7.27. The highest BCUT2D eigenvalue weighted by Crippen LogP contribution is 2.27. The topological polar surface area (TPSA) is 42.4 Å². The number of nitrogens with zero attached hydrogens (tertiary/aromatic N) is 2. The van der Waals surface area contributed by atoms with Gasteiger partial charge in [0.15, 0.2) is 0 Å². The lowest BCUT2D eigenvalue weighted by Crippen LogP contribution is -2.44. The standard InChI is InChI=1S/C18H22N2O2/c1-13-11-16(12-14(2)19-13)22-17(21)20(5)18(3,4)15-9-7-6-8-10-15/h6-12H,1-5H3. The van der Waals surface area contributed by atoms with Crippen LogP contribution in [0.2, 0.25) is 0 Å². The minimum Gasteiger partial charge on any atom is -0.410 e. The molecule has 0 saturated heterocycles. The Labute approximate surface area is 131 Å². The molecule has 0 saturated carbocycles. The highest BCUT2D eigenvalue weighted by atomic mass is 16.6. The molecule has 2 aromatic rings. The second kappa shape index (κ2) is 6.18. The van der Waals surface area contributed by atoms with Gasteiger partial charge in [-0.05, 0) is 33.3 Å². The molecule has 4 nitrogen and oxygen atoms in total. The summed E-state index contributed by atoms with van der Waals surface area (Å²) >= 11 is 0. The number of benzene rings is 1. The second-order valence-corrected chi connectivity index (χ2v) is 5.94. The Morgan fingerprint density at radius 1 is 1.09 bits per heavy atom. The van der Waals surface area contributed by atoms with Crippen LogP contribution in [0.3, 0.4) is 0 Å². The maximum atomic E-state index is 12.4. The van der Waals surface area contributed by atoms with E-state index < -0.39 is 5.54 Å². The molecule has 1 aromatic heterocycles. The fourth-order valence-corrected chi connectivity index (χ4v) is 2.29. The third kappa shape index (κ3) is 3.45. The third-order valence-electron chi connectivity index (χ3n) is 3.85. The maximum Gasteiger partial charge on any atom is 0.415 e. The number of hydrogen-bond acceptors (Lipinski definition) is 3. The summed E-state index contributed by atoms with van der Waals surface area (Å²) in [6, 6.07) is 13.4. The Kier molecular flexibility index (Phi) is 4.50. The zero-order chi connectivity index (χ0) is 16.3. The minimum atomic E-state index is -0.463. The number of ether oxygens (including phenoxy) is 1. The van der Waals surface area contributed by atoms with Crippen molar-refractivity contribution >= 4 is 6.09 Å². The van der Waals surface area contributed by atoms with Gasteiger partial charge in [-0.2, -0.15) is 0 Å². The van der Waals surface area contributed by atoms with E-state index in [4.69, 9.17) is 4.74 Å². The lowest BCUT2D eigenvalue weighted by Gasteiger charge is -2.35. The van der Waals surface area contributed by atoms with Crippen molar-refractivity contribution in [1.82, 2.24) is 9.88 Å². The van der Waals surface area contributed by atoms with Crippen molar-refractivity contribution in [2.45, 2.75) is 33.2 Å². The van der Waals surface area contributed by atoms with Crippen molar-refractivity contribution in [3.63, 3.8) is 0 Å². The molecule has 0 fully saturated rings. The molecule has 0 unspecified atom stereocenters. The first-order valence-electron chi connectivity index (χ1n) is 7.27. The average Bonchev–Trinajstić information content (AvgIpc) is 2.46. The quantitative estimate of drug-likeness (QED) is 0.858. The number of aryl methyl sites for hydroxylation is 2. The summed E-state index contributed by atoms with van der Waals surface area (Å²) in [4.78, 5) is 18.3. The highest BCUT2D eigenvalue weighted by Gasteiger charge is 2.30. The van der Waals surface area contributed by atoms with Crippen molar-refractivity contribution < 1.29 is 9.53 Å². The van der Waals surface area contributed by atoms with Crippen molar-refractivity contribution in [3.05, 3.63) is 59.4 Å². The number of carbonyl (C=O) groups excluding carboxylic acids is 1. The Morgan fingerprint density at radius 3 is 2.18 bits per heavy atom. The lowest BCUT2D eigenvalue weighted by molar-refractivity contribution is 0.116. The van der Waals surface area contributed by atoms with E-state index in [1.807, 2.05) is 58.0 Å². The van der Waals surface area contributed by atoms with Gasteiger partial charge in [0.2, 0.25) is 0 Å². The number of pyridine rings is 1. The molecule has 0 aliphatic carbocycles. The summed E-state index contributed by atoms with van der Waals surface area (Å²) in [5.74, 6) is 0.519. The molecular weight excluding hydrogens is 276 g/mol. The zero-order valence-electron chi connectivity index (χ0n) is 13.8. The van der Waals surface area contributed by atoms with Gasteiger partial charge in [-0.25, -0.2) is 4.79 Å². The van der Waals surface area contributed by atoms with Gasteiger partial charge in [0, 0.05) is 30.6 Å². The summed E-state index contributed by atoms with van der Waals surface area (Å²) in [6.07, 6.45) is -0.390. The fourth-order valence-electron chi connectivity index (χ4n) is 2.29. The molecule has 22 heavy (non-hydrogen) atoms. The molecule has 0 bridgehead atoms. The monoisotopic (exact) mass is 298 g/mol. The van der Waals surface area contributed by atoms with E-state index in [2.05, 4.69) is 4.98 Å². The van der Waals surface area contributed by atoms with Crippen LogP contribution in [0.25, 0.3) is 0 Å². The molecule has 0 aliphatic rings. The van der Waals surface area contributed by atoms with Crippen molar-refractivity contribution in [3.8, 4) is 5.75 Å². The van der Waals surface area contributed by atoms with Crippen LogP contribution < -0.4 is 4.74 Å². The molecular formula is C18H22N2O2. The molecule has 0 radical (unpaired) electrons. The van der Waals surface area contributed by atoms with Crippen LogP contribution >= 0.6 is 0 Å². The van der Waals surface area contributed by atoms with Crippen LogP contribution in [-0.4, -0.2) is 23.0 Å². The molecule has 4 heteroatoms. The Hall–Kier alpha value is -2.36. The van der Waals surface area contributed by atoms with Gasteiger partial charge in [0.25, 0.3) is 0 Å². The molecule has 116 valence electrons. The van der Waals surface area contributed by atoms with E-state index in [1.54, 1.807) is 24.1 Å². The van der Waals surface area contributed by atoms with Crippen LogP contribution in [0.15, 0.2) is 42.5 Å². The Bertz CT molecular complexity index is 646. The molecule has 0 N–H and O–H groups in total. The van der Waals surface area contributed by atoms with Crippen molar-refractivity contribution in [2.75, 3.05) is 7.05 Å². The van der Waals surface area contributed by atoms with E-state index in [0.29, 0.717) is 5.75 Å². The smallest absolute Gasteiger partial charge is 0.410 e. The van der Waals surface area contributed by atoms with Crippen molar-refractivity contribution in [1.29, 1.82) is 0 Å². The average molecular weight is 298 g/mol. The zero-order valence-corrected chi connectivity index (χ0v) is 13.8. The van der Waals surface area contributed by atoms with Gasteiger partial charge >= 0.3 is 6.09 Å². The maximum absolute atomic E-state index is 12.4. The van der Waals surface area contributed by atoms with Crippen LogP contribution in [-0.2, 0) is 5.54 Å². The Balaban J connectivity index is 2.18. The number of carbonyl (C=O) groups is 1. The van der Waals surface area contributed by atoms with Gasteiger partial charge in [-0.3, -0.25) is 4.98 Å². The number of hydrogen-bond donors (Lipinski definition) is 0. The van der Waals surface area contributed by atoms with Crippen molar-refractivity contribution in [2.24, 2.45) is 0 Å². The third-order valence-corrected chi connectivity index (χ3v) is 3.85. The van der Waals surface area contributed by atoms with E-state index >= 15 is 0 Å². The van der Waals surface area contributed by atoms with Crippen LogP contribution in [0.4, 0.5) is 4.79 Å². The minimum absolute atomic E-state index is 0.390. The fraction of sp³-hybridized carbons (Fsp3) is 0.333. The number of rotatable bonds is 3. The molecule has 0 aliphatic heterocycles. The lowest BCUT2D eigenvalue weighted by atomic mass is 9.93. The summed E-state index contributed by atoms with van der Waals surface area (Å²) in [7, 11) is 1.75. The largest absolute Gasteiger partial charge is 0.415 e. The van der Waals surface area contributed by atoms with Gasteiger partial charge in [-0.1, -0.05) is 30.3 Å². The number of aromatic nitrogens is 1. The van der Waals surface area contributed by atoms with Crippen LogP contribution in [0.1, 0.15) is 30.8 Å². The first kappa shape index (κ1) is 16.0. The van der Waals surface area contributed by atoms with Gasteiger partial charge < -0.3 is 9.64 Å². The molecule has 1 amide bonds. The predicted octanol–water partition coefficient (Wildman–Crippen LogP) is 4.06. The number of amides is 1. The molecule has 2 rings (SSSR count). The highest BCUT2D eigenvalue weighted by molar-refractivity contribution is 5.71. The Morgan fingerprint density at radius 2 is 1.64 bits per heavy atom. The van der Waals surface area contributed by atoms with E-state index in [1.165, 1.54) is 0 Å². The summed E-state index contributed by atoms with van der Waals surface area (Å²) in [6.45, 7) is 7.74. The van der Waals surface area contributed by atoms with Crippen LogP contribution in [0, 0.1) is 13.8 Å². The normalized spacial score (nSPS) is 11.1. The molecule has 0 spiro atoms. The molecule has 0 atom stereocenters. The van der Waals surface area contributed by atoms with Gasteiger partial charge in [-0.15, -0.1) is 0 Å². The second-order valence-electron chi connectivity index (χ2n) is 5.94. The van der Waals surface area contributed by atoms with Gasteiger partial charge in [0.05, 0.1) is 5.54 Å². The SMILES string of the molecule is Cc1cc(OC(=O)N(C)C(C)(C)c2ccccc2)cc(C)n1. The first-order chi connectivity index (χ1) is 10.3. The van der Waals surface area contributed by atoms with E-state index in [-0.39, 0.29) is 6.09 Å². The molecule has 1 aromatic carbocycles. The summed E-state index contributed by atoms with van der Waals surface area (Å²) < 4.78 is 5.49. The predicted molar refractivity (Wildman–Crippen MR) is 87.0 cm³/mol. The molecule has 1 heterocycles.